The van der Waals surface area contributed by atoms with Crippen LogP contribution in [0.4, 0.5) is 4.79 Å². The Labute approximate surface area is 150 Å². The molecule has 112 valence electrons. The first-order valence-corrected chi connectivity index (χ1v) is 9.30. The van der Waals surface area contributed by atoms with Gasteiger partial charge in [-0.1, -0.05) is 12.1 Å². The van der Waals surface area contributed by atoms with E-state index in [0.29, 0.717) is 11.4 Å². The lowest BCUT2D eigenvalue weighted by atomic mass is 10.2. The van der Waals surface area contributed by atoms with Crippen molar-refractivity contribution in [3.8, 4) is 0 Å². The van der Waals surface area contributed by atoms with E-state index in [4.69, 9.17) is 0 Å². The monoisotopic (exact) mass is 441 g/mol. The minimum Gasteiger partial charge on any atom is -0.268 e. The van der Waals surface area contributed by atoms with Crippen molar-refractivity contribution in [1.29, 1.82) is 0 Å². The maximum atomic E-state index is 12.4. The lowest BCUT2D eigenvalue weighted by Gasteiger charge is -2.12. The second-order valence-electron chi connectivity index (χ2n) is 4.84. The molecule has 0 radical (unpaired) electrons. The molecule has 0 saturated carbocycles. The lowest BCUT2D eigenvalue weighted by molar-refractivity contribution is -0.123. The van der Waals surface area contributed by atoms with Crippen molar-refractivity contribution >= 4 is 62.9 Å². The summed E-state index contributed by atoms with van der Waals surface area (Å²) >= 11 is 4.85. The second kappa shape index (κ2) is 6.55. The topological polar surface area (TPSA) is 37.4 Å². The summed E-state index contributed by atoms with van der Waals surface area (Å²) in [5, 5.41) is -0.205. The van der Waals surface area contributed by atoms with Gasteiger partial charge in [0.1, 0.15) is 0 Å². The maximum Gasteiger partial charge on any atom is 0.293 e. The van der Waals surface area contributed by atoms with Crippen LogP contribution in [-0.4, -0.2) is 16.0 Å². The van der Waals surface area contributed by atoms with Crippen LogP contribution < -0.4 is 0 Å². The number of hydrogen-bond donors (Lipinski definition) is 0. The van der Waals surface area contributed by atoms with Crippen LogP contribution in [0.2, 0.25) is 0 Å². The van der Waals surface area contributed by atoms with E-state index in [1.54, 1.807) is 17.4 Å². The number of benzene rings is 1. The van der Waals surface area contributed by atoms with Crippen molar-refractivity contribution < 1.29 is 9.59 Å². The average molecular weight is 441 g/mol. The molecule has 1 aliphatic rings. The molecule has 22 heavy (non-hydrogen) atoms. The SMILES string of the molecule is Cc1ccc(/C=C2/SC(=O)N(Cc3ccc(I)cc3)C2=O)s1. The quantitative estimate of drug-likeness (QED) is 0.503. The summed E-state index contributed by atoms with van der Waals surface area (Å²) in [5.74, 6) is -0.209. The van der Waals surface area contributed by atoms with Crippen LogP contribution in [0.25, 0.3) is 6.08 Å². The van der Waals surface area contributed by atoms with Gasteiger partial charge in [-0.05, 0) is 77.2 Å². The first kappa shape index (κ1) is 15.8. The van der Waals surface area contributed by atoms with Gasteiger partial charge in [-0.2, -0.15) is 0 Å². The van der Waals surface area contributed by atoms with Gasteiger partial charge in [0.15, 0.2) is 0 Å². The minimum atomic E-state index is -0.209. The number of hydrogen-bond acceptors (Lipinski definition) is 4. The molecule has 6 heteroatoms. The molecule has 0 atom stereocenters. The summed E-state index contributed by atoms with van der Waals surface area (Å²) in [6.07, 6.45) is 1.80. The number of rotatable bonds is 3. The summed E-state index contributed by atoms with van der Waals surface area (Å²) in [6.45, 7) is 2.34. The molecule has 1 aliphatic heterocycles. The van der Waals surface area contributed by atoms with Crippen molar-refractivity contribution in [2.45, 2.75) is 13.5 Å². The number of halogens is 1. The number of thioether (sulfide) groups is 1. The molecule has 1 aromatic heterocycles. The summed E-state index contributed by atoms with van der Waals surface area (Å²) in [4.78, 5) is 28.5. The van der Waals surface area contributed by atoms with Crippen LogP contribution in [0.5, 0.6) is 0 Å². The Bertz CT molecular complexity index is 765. The second-order valence-corrected chi connectivity index (χ2v) is 8.40. The molecule has 3 nitrogen and oxygen atoms in total. The Kier molecular flexibility index (Phi) is 4.70. The number of imide groups is 1. The Morgan fingerprint density at radius 3 is 2.50 bits per heavy atom. The van der Waals surface area contributed by atoms with Crippen LogP contribution in [0.1, 0.15) is 15.3 Å². The van der Waals surface area contributed by atoms with Gasteiger partial charge >= 0.3 is 0 Å². The highest BCUT2D eigenvalue weighted by Crippen LogP contribution is 2.34. The highest BCUT2D eigenvalue weighted by Gasteiger charge is 2.35. The Morgan fingerprint density at radius 1 is 1.14 bits per heavy atom. The van der Waals surface area contributed by atoms with Crippen LogP contribution >= 0.6 is 45.7 Å². The molecule has 2 aromatic rings. The number of carbonyl (C=O) groups excluding carboxylic acids is 2. The number of amides is 2. The average Bonchev–Trinajstić information content (AvgIpc) is 3.00. The standard InChI is InChI=1S/C16H12INO2S2/c1-10-2-7-13(21-10)8-14-15(19)18(16(20)22-14)9-11-3-5-12(17)6-4-11/h2-8H,9H2,1H3/b14-8+. The Morgan fingerprint density at radius 2 is 1.86 bits per heavy atom. The fourth-order valence-corrected chi connectivity index (χ4v) is 4.15. The molecular weight excluding hydrogens is 429 g/mol. The Balaban J connectivity index is 1.79. The van der Waals surface area contributed by atoms with Crippen molar-refractivity contribution in [2.24, 2.45) is 0 Å². The first-order chi connectivity index (χ1) is 10.5. The van der Waals surface area contributed by atoms with Crippen LogP contribution in [0.3, 0.4) is 0 Å². The summed E-state index contributed by atoms with van der Waals surface area (Å²) in [7, 11) is 0. The van der Waals surface area contributed by atoms with E-state index >= 15 is 0 Å². The van der Waals surface area contributed by atoms with E-state index in [1.165, 1.54) is 9.78 Å². The van der Waals surface area contributed by atoms with E-state index in [-0.39, 0.29) is 11.1 Å². The van der Waals surface area contributed by atoms with Crippen molar-refractivity contribution in [3.63, 3.8) is 0 Å². The fourth-order valence-electron chi connectivity index (χ4n) is 2.07. The molecule has 2 heterocycles. The van der Waals surface area contributed by atoms with Gasteiger partial charge in [-0.3, -0.25) is 14.5 Å². The third-order valence-corrected chi connectivity index (χ3v) is 5.74. The first-order valence-electron chi connectivity index (χ1n) is 6.59. The van der Waals surface area contributed by atoms with Crippen molar-refractivity contribution in [3.05, 3.63) is 60.2 Å². The largest absolute Gasteiger partial charge is 0.293 e. The highest BCUT2D eigenvalue weighted by molar-refractivity contribution is 14.1. The number of nitrogens with zero attached hydrogens (tertiary/aromatic N) is 1. The predicted octanol–water partition coefficient (Wildman–Crippen LogP) is 4.90. The maximum absolute atomic E-state index is 12.4. The van der Waals surface area contributed by atoms with Gasteiger partial charge in [0.05, 0.1) is 11.4 Å². The van der Waals surface area contributed by atoms with E-state index in [1.807, 2.05) is 43.3 Å². The van der Waals surface area contributed by atoms with Gasteiger partial charge in [-0.15, -0.1) is 11.3 Å². The van der Waals surface area contributed by atoms with Crippen molar-refractivity contribution in [1.82, 2.24) is 4.90 Å². The van der Waals surface area contributed by atoms with E-state index in [9.17, 15) is 9.59 Å². The zero-order valence-electron chi connectivity index (χ0n) is 11.7. The van der Waals surface area contributed by atoms with Gasteiger partial charge in [0.25, 0.3) is 11.1 Å². The molecule has 1 aromatic carbocycles. The summed E-state index contributed by atoms with van der Waals surface area (Å²) in [6, 6.07) is 11.8. The predicted molar refractivity (Wildman–Crippen MR) is 99.7 cm³/mol. The number of aryl methyl sites for hydroxylation is 1. The van der Waals surface area contributed by atoms with Gasteiger partial charge in [0, 0.05) is 13.3 Å². The molecule has 0 spiro atoms. The van der Waals surface area contributed by atoms with Gasteiger partial charge in [-0.25, -0.2) is 0 Å². The van der Waals surface area contributed by atoms with Crippen LogP contribution in [0, 0.1) is 10.5 Å². The zero-order valence-corrected chi connectivity index (χ0v) is 15.5. The molecule has 1 saturated heterocycles. The van der Waals surface area contributed by atoms with E-state index in [2.05, 4.69) is 22.6 Å². The minimum absolute atomic E-state index is 0.205. The van der Waals surface area contributed by atoms with Crippen LogP contribution in [-0.2, 0) is 11.3 Å². The third kappa shape index (κ3) is 3.44. The molecule has 1 fully saturated rings. The zero-order chi connectivity index (χ0) is 15.7. The highest BCUT2D eigenvalue weighted by atomic mass is 127. The van der Waals surface area contributed by atoms with E-state index < -0.39 is 0 Å². The van der Waals surface area contributed by atoms with Crippen molar-refractivity contribution in [2.75, 3.05) is 0 Å². The molecule has 0 aliphatic carbocycles. The summed E-state index contributed by atoms with van der Waals surface area (Å²) in [5.41, 5.74) is 0.955. The molecule has 3 rings (SSSR count). The smallest absolute Gasteiger partial charge is 0.268 e. The lowest BCUT2D eigenvalue weighted by Crippen LogP contribution is -2.27. The normalized spacial score (nSPS) is 16.8. The molecule has 0 unspecified atom stereocenters. The van der Waals surface area contributed by atoms with Gasteiger partial charge < -0.3 is 0 Å². The van der Waals surface area contributed by atoms with E-state index in [0.717, 1.165) is 25.8 Å². The summed E-state index contributed by atoms with van der Waals surface area (Å²) < 4.78 is 1.13. The fraction of sp³-hybridized carbons (Fsp3) is 0.125. The van der Waals surface area contributed by atoms with Crippen LogP contribution in [0.15, 0.2) is 41.3 Å². The molecular formula is C16H12INO2S2. The molecule has 0 bridgehead atoms. The molecule has 2 amide bonds. The number of carbonyl (C=O) groups is 2. The Hall–Kier alpha value is -1.12. The number of thiophene rings is 1. The van der Waals surface area contributed by atoms with Gasteiger partial charge in [0.2, 0.25) is 0 Å². The molecule has 0 N–H and O–H groups in total. The third-order valence-electron chi connectivity index (χ3n) is 3.16.